The maximum atomic E-state index is 12.6. The lowest BCUT2D eigenvalue weighted by molar-refractivity contribution is -0.136. The molecule has 82 valence electrons. The van der Waals surface area contributed by atoms with Gasteiger partial charge in [0.25, 0.3) is 6.43 Å². The molecule has 15 heavy (non-hydrogen) atoms. The van der Waals surface area contributed by atoms with Gasteiger partial charge in [-0.2, -0.15) is 0 Å². The van der Waals surface area contributed by atoms with E-state index >= 15 is 0 Å². The molecule has 1 heterocycles. The van der Waals surface area contributed by atoms with Crippen LogP contribution in [-0.2, 0) is 11.2 Å². The number of carbonyl (C=O) groups is 1. The van der Waals surface area contributed by atoms with Gasteiger partial charge < -0.3 is 10.8 Å². The fraction of sp³-hybridized carbons (Fsp3) is 0.333. The molecule has 0 radical (unpaired) electrons. The van der Waals surface area contributed by atoms with E-state index in [-0.39, 0.29) is 16.9 Å². The first-order valence-corrected chi connectivity index (χ1v) is 4.17. The Morgan fingerprint density at radius 2 is 2.27 bits per heavy atom. The Hall–Kier alpha value is -1.72. The average molecular weight is 216 g/mol. The lowest BCUT2D eigenvalue weighted by Gasteiger charge is -2.10. The predicted molar refractivity (Wildman–Crippen MR) is 49.7 cm³/mol. The highest BCUT2D eigenvalue weighted by atomic mass is 19.3. The van der Waals surface area contributed by atoms with Gasteiger partial charge in [0.1, 0.15) is 5.82 Å². The third-order valence-electron chi connectivity index (χ3n) is 1.88. The number of aromatic nitrogens is 1. The van der Waals surface area contributed by atoms with Crippen LogP contribution < -0.4 is 5.73 Å². The minimum atomic E-state index is -2.75. The van der Waals surface area contributed by atoms with E-state index in [0.29, 0.717) is 5.69 Å². The smallest absolute Gasteiger partial charge is 0.307 e. The van der Waals surface area contributed by atoms with Gasteiger partial charge in [0.15, 0.2) is 0 Å². The van der Waals surface area contributed by atoms with E-state index in [1.54, 1.807) is 0 Å². The molecule has 0 saturated carbocycles. The monoisotopic (exact) mass is 216 g/mol. The molecule has 1 rings (SSSR count). The van der Waals surface area contributed by atoms with Crippen molar-refractivity contribution >= 4 is 11.8 Å². The average Bonchev–Trinajstić information content (AvgIpc) is 2.08. The van der Waals surface area contributed by atoms with Gasteiger partial charge in [-0.15, -0.1) is 0 Å². The first-order chi connectivity index (χ1) is 6.91. The second-order valence-corrected chi connectivity index (χ2v) is 3.09. The van der Waals surface area contributed by atoms with Crippen LogP contribution in [-0.4, -0.2) is 16.1 Å². The number of aliphatic carboxylic acids is 1. The molecule has 0 aliphatic heterocycles. The van der Waals surface area contributed by atoms with Crippen molar-refractivity contribution in [1.29, 1.82) is 0 Å². The number of halogens is 2. The van der Waals surface area contributed by atoms with Crippen LogP contribution in [0.4, 0.5) is 14.6 Å². The molecule has 0 saturated heterocycles. The summed E-state index contributed by atoms with van der Waals surface area (Å²) in [6.07, 6.45) is -3.29. The molecule has 0 aromatic carbocycles. The molecule has 0 fully saturated rings. The van der Waals surface area contributed by atoms with Crippen molar-refractivity contribution in [2.75, 3.05) is 5.73 Å². The van der Waals surface area contributed by atoms with E-state index in [0.717, 1.165) is 6.07 Å². The summed E-state index contributed by atoms with van der Waals surface area (Å²) in [5.74, 6) is -1.36. The quantitative estimate of drug-likeness (QED) is 0.803. The van der Waals surface area contributed by atoms with Crippen LogP contribution in [0.3, 0.4) is 0 Å². The van der Waals surface area contributed by atoms with Gasteiger partial charge in [0.2, 0.25) is 0 Å². The Balaban J connectivity index is 3.26. The second-order valence-electron chi connectivity index (χ2n) is 3.09. The number of alkyl halides is 2. The predicted octanol–water partition coefficient (Wildman–Crippen LogP) is 1.54. The molecule has 1 aromatic heterocycles. The summed E-state index contributed by atoms with van der Waals surface area (Å²) in [6, 6.07) is 1.15. The number of carboxylic acids is 1. The van der Waals surface area contributed by atoms with E-state index in [4.69, 9.17) is 10.8 Å². The maximum absolute atomic E-state index is 12.6. The molecular formula is C9H10F2N2O2. The zero-order valence-corrected chi connectivity index (χ0v) is 8.00. The first kappa shape index (κ1) is 11.4. The lowest BCUT2D eigenvalue weighted by atomic mass is 10.1. The fourth-order valence-corrected chi connectivity index (χ4v) is 1.29. The first-order valence-electron chi connectivity index (χ1n) is 4.17. The van der Waals surface area contributed by atoms with Gasteiger partial charge in [0.05, 0.1) is 6.42 Å². The lowest BCUT2D eigenvalue weighted by Crippen LogP contribution is -2.10. The van der Waals surface area contributed by atoms with Crippen LogP contribution in [0, 0.1) is 6.92 Å². The van der Waals surface area contributed by atoms with Gasteiger partial charge in [-0.05, 0) is 13.0 Å². The molecule has 0 aliphatic rings. The Kier molecular flexibility index (Phi) is 3.18. The molecule has 1 aromatic rings. The molecule has 0 aliphatic carbocycles. The van der Waals surface area contributed by atoms with Crippen LogP contribution in [0.25, 0.3) is 0 Å². The molecule has 4 nitrogen and oxygen atoms in total. The number of nitrogen functional groups attached to an aromatic ring is 1. The summed E-state index contributed by atoms with van der Waals surface area (Å²) in [6.45, 7) is 1.52. The highest BCUT2D eigenvalue weighted by Crippen LogP contribution is 2.27. The summed E-state index contributed by atoms with van der Waals surface area (Å²) in [7, 11) is 0. The zero-order chi connectivity index (χ0) is 11.6. The number of aryl methyl sites for hydroxylation is 1. The van der Waals surface area contributed by atoms with Crippen molar-refractivity contribution in [2.24, 2.45) is 0 Å². The Bertz CT molecular complexity index is 394. The SMILES string of the molecule is Cc1cc(C(F)F)c(CC(=O)O)c(N)n1. The van der Waals surface area contributed by atoms with Crippen molar-refractivity contribution in [1.82, 2.24) is 4.98 Å². The number of nitrogens with zero attached hydrogens (tertiary/aromatic N) is 1. The summed E-state index contributed by atoms with van der Waals surface area (Å²) >= 11 is 0. The molecule has 0 spiro atoms. The molecule has 0 amide bonds. The summed E-state index contributed by atoms with van der Waals surface area (Å²) < 4.78 is 25.1. The number of carboxylic acid groups (broad SMARTS) is 1. The molecule has 0 unspecified atom stereocenters. The van der Waals surface area contributed by atoms with Crippen LogP contribution >= 0.6 is 0 Å². The van der Waals surface area contributed by atoms with Crippen LogP contribution in [0.5, 0.6) is 0 Å². The van der Waals surface area contributed by atoms with Crippen LogP contribution in [0.2, 0.25) is 0 Å². The van der Waals surface area contributed by atoms with Gasteiger partial charge in [-0.1, -0.05) is 0 Å². The van der Waals surface area contributed by atoms with E-state index in [1.165, 1.54) is 6.92 Å². The largest absolute Gasteiger partial charge is 0.481 e. The van der Waals surface area contributed by atoms with Crippen molar-refractivity contribution in [3.8, 4) is 0 Å². The van der Waals surface area contributed by atoms with Crippen LogP contribution in [0.1, 0.15) is 23.2 Å². The minimum absolute atomic E-state index is 0.108. The number of nitrogens with two attached hydrogens (primary N) is 1. The van der Waals surface area contributed by atoms with E-state index in [2.05, 4.69) is 4.98 Å². The summed E-state index contributed by atoms with van der Waals surface area (Å²) in [5.41, 5.74) is 5.28. The standard InChI is InChI=1S/C9H10F2N2O2/c1-4-2-5(8(10)11)6(3-7(14)15)9(12)13-4/h2,8H,3H2,1H3,(H2,12,13)(H,14,15). The summed E-state index contributed by atoms with van der Waals surface area (Å²) in [4.78, 5) is 14.2. The van der Waals surface area contributed by atoms with Crippen molar-refractivity contribution in [2.45, 2.75) is 19.8 Å². The third-order valence-corrected chi connectivity index (χ3v) is 1.88. The number of rotatable bonds is 3. The van der Waals surface area contributed by atoms with Crippen LogP contribution in [0.15, 0.2) is 6.07 Å². The Morgan fingerprint density at radius 1 is 1.67 bits per heavy atom. The number of hydrogen-bond donors (Lipinski definition) is 2. The molecule has 3 N–H and O–H groups in total. The van der Waals surface area contributed by atoms with Gasteiger partial charge >= 0.3 is 5.97 Å². The molecular weight excluding hydrogens is 206 g/mol. The van der Waals surface area contributed by atoms with E-state index < -0.39 is 18.8 Å². The third kappa shape index (κ3) is 2.61. The highest BCUT2D eigenvalue weighted by Gasteiger charge is 2.19. The second kappa shape index (κ2) is 4.20. The van der Waals surface area contributed by atoms with Crippen molar-refractivity contribution in [3.05, 3.63) is 22.9 Å². The molecule has 0 bridgehead atoms. The summed E-state index contributed by atoms with van der Waals surface area (Å²) in [5, 5.41) is 8.54. The minimum Gasteiger partial charge on any atom is -0.481 e. The van der Waals surface area contributed by atoms with E-state index in [9.17, 15) is 13.6 Å². The Labute approximate surface area is 84.7 Å². The van der Waals surface area contributed by atoms with Gasteiger partial charge in [-0.3, -0.25) is 4.79 Å². The fourth-order valence-electron chi connectivity index (χ4n) is 1.29. The van der Waals surface area contributed by atoms with Gasteiger partial charge in [0, 0.05) is 16.8 Å². The topological polar surface area (TPSA) is 76.2 Å². The Morgan fingerprint density at radius 3 is 2.73 bits per heavy atom. The molecule has 6 heteroatoms. The van der Waals surface area contributed by atoms with E-state index in [1.807, 2.05) is 0 Å². The number of anilines is 1. The number of hydrogen-bond acceptors (Lipinski definition) is 3. The zero-order valence-electron chi connectivity index (χ0n) is 8.00. The maximum Gasteiger partial charge on any atom is 0.307 e. The number of pyridine rings is 1. The highest BCUT2D eigenvalue weighted by molar-refractivity contribution is 5.73. The van der Waals surface area contributed by atoms with Crippen molar-refractivity contribution in [3.63, 3.8) is 0 Å². The molecule has 0 atom stereocenters. The van der Waals surface area contributed by atoms with Crippen molar-refractivity contribution < 1.29 is 18.7 Å². The van der Waals surface area contributed by atoms with Gasteiger partial charge in [-0.25, -0.2) is 13.8 Å². The normalized spacial score (nSPS) is 10.7.